The van der Waals surface area contributed by atoms with E-state index in [0.29, 0.717) is 28.4 Å². The maximum absolute atomic E-state index is 13.5. The second-order valence-corrected chi connectivity index (χ2v) is 8.15. The fourth-order valence-corrected chi connectivity index (χ4v) is 4.04. The van der Waals surface area contributed by atoms with E-state index in [0.717, 1.165) is 15.8 Å². The van der Waals surface area contributed by atoms with Gasteiger partial charge in [0.05, 0.1) is 19.8 Å². The summed E-state index contributed by atoms with van der Waals surface area (Å²) in [5, 5.41) is 9.39. The van der Waals surface area contributed by atoms with Crippen molar-refractivity contribution in [2.75, 3.05) is 24.9 Å². The average Bonchev–Trinajstić information content (AvgIpc) is 3.23. The molecule has 0 aliphatic carbocycles. The molecule has 0 radical (unpaired) electrons. The van der Waals surface area contributed by atoms with E-state index in [4.69, 9.17) is 9.47 Å². The number of hydrogen-bond acceptors (Lipinski definition) is 6. The fourth-order valence-electron chi connectivity index (χ4n) is 4.04. The monoisotopic (exact) mass is 487 g/mol. The third-order valence-corrected chi connectivity index (χ3v) is 5.70. The molecule has 11 heteroatoms. The Bertz CT molecular complexity index is 1330. The second kappa shape index (κ2) is 8.97. The van der Waals surface area contributed by atoms with Gasteiger partial charge in [0.25, 0.3) is 11.7 Å². The minimum absolute atomic E-state index is 0.127. The van der Waals surface area contributed by atoms with Gasteiger partial charge >= 0.3 is 6.18 Å². The summed E-state index contributed by atoms with van der Waals surface area (Å²) >= 11 is 0. The van der Waals surface area contributed by atoms with Crippen molar-refractivity contribution in [3.63, 3.8) is 0 Å². The van der Waals surface area contributed by atoms with Crippen molar-refractivity contribution in [2.45, 2.75) is 33.0 Å². The highest BCUT2D eigenvalue weighted by Crippen LogP contribution is 2.40. The Hall–Kier alpha value is -4.02. The number of aryl methyl sites for hydroxylation is 2. The Balaban J connectivity index is 1.85. The molecule has 35 heavy (non-hydrogen) atoms. The number of carbonyl (C=O) groups is 1. The molecule has 8 nitrogen and oxygen atoms in total. The lowest BCUT2D eigenvalue weighted by Crippen LogP contribution is -2.31. The van der Waals surface area contributed by atoms with Gasteiger partial charge < -0.3 is 20.1 Å². The summed E-state index contributed by atoms with van der Waals surface area (Å²) in [5.74, 6) is -1.14. The number of nitrogens with one attached hydrogen (secondary N) is 2. The van der Waals surface area contributed by atoms with Crippen LogP contribution in [0.1, 0.15) is 35.5 Å². The predicted molar refractivity (Wildman–Crippen MR) is 124 cm³/mol. The molecule has 0 spiro atoms. The highest BCUT2D eigenvalue weighted by atomic mass is 19.4. The van der Waals surface area contributed by atoms with E-state index in [-0.39, 0.29) is 11.5 Å². The summed E-state index contributed by atoms with van der Waals surface area (Å²) in [4.78, 5) is 17.2. The van der Waals surface area contributed by atoms with Crippen molar-refractivity contribution >= 4 is 17.5 Å². The zero-order valence-electron chi connectivity index (χ0n) is 19.7. The van der Waals surface area contributed by atoms with Crippen LogP contribution in [0.5, 0.6) is 11.5 Å². The lowest BCUT2D eigenvalue weighted by Gasteiger charge is -2.29. The van der Waals surface area contributed by atoms with Crippen LogP contribution in [0.15, 0.2) is 47.7 Å². The predicted octanol–water partition coefficient (Wildman–Crippen LogP) is 4.86. The number of allylic oxidation sites excluding steroid dienone is 1. The Kier molecular flexibility index (Phi) is 6.18. The van der Waals surface area contributed by atoms with Crippen molar-refractivity contribution in [2.24, 2.45) is 0 Å². The molecule has 0 saturated carbocycles. The van der Waals surface area contributed by atoms with Crippen LogP contribution in [0.4, 0.5) is 24.8 Å². The molecule has 0 bridgehead atoms. The second-order valence-electron chi connectivity index (χ2n) is 8.15. The van der Waals surface area contributed by atoms with Gasteiger partial charge in [-0.2, -0.15) is 18.2 Å². The van der Waals surface area contributed by atoms with E-state index >= 15 is 0 Å². The summed E-state index contributed by atoms with van der Waals surface area (Å²) in [6.45, 7) is 5.41. The number of anilines is 2. The van der Waals surface area contributed by atoms with Crippen molar-refractivity contribution in [3.05, 3.63) is 70.2 Å². The number of ether oxygens (including phenoxy) is 2. The smallest absolute Gasteiger partial charge is 0.453 e. The Morgan fingerprint density at radius 3 is 2.40 bits per heavy atom. The van der Waals surface area contributed by atoms with Crippen LogP contribution in [0, 0.1) is 13.8 Å². The topological polar surface area (TPSA) is 90.3 Å². The van der Waals surface area contributed by atoms with Crippen LogP contribution in [-0.4, -0.2) is 34.9 Å². The molecule has 3 aromatic rings. The molecule has 1 aliphatic rings. The van der Waals surface area contributed by atoms with Gasteiger partial charge in [-0.05, 0) is 50.1 Å². The van der Waals surface area contributed by atoms with E-state index in [2.05, 4.69) is 20.7 Å². The maximum atomic E-state index is 13.5. The number of fused-ring (bicyclic) bond motifs is 1. The van der Waals surface area contributed by atoms with Crippen molar-refractivity contribution in [1.82, 2.24) is 14.8 Å². The lowest BCUT2D eigenvalue weighted by atomic mass is 9.94. The summed E-state index contributed by atoms with van der Waals surface area (Å²) in [7, 11) is 2.92. The minimum atomic E-state index is -4.76. The largest absolute Gasteiger partial charge is 0.493 e. The first-order valence-corrected chi connectivity index (χ1v) is 10.7. The third kappa shape index (κ3) is 4.53. The first-order valence-electron chi connectivity index (χ1n) is 10.7. The van der Waals surface area contributed by atoms with Crippen LogP contribution in [0.3, 0.4) is 0 Å². The van der Waals surface area contributed by atoms with Gasteiger partial charge in [0.1, 0.15) is 6.04 Å². The van der Waals surface area contributed by atoms with Gasteiger partial charge in [0.2, 0.25) is 5.95 Å². The molecule has 184 valence electrons. The van der Waals surface area contributed by atoms with Crippen molar-refractivity contribution in [1.29, 1.82) is 0 Å². The van der Waals surface area contributed by atoms with Gasteiger partial charge in [-0.15, -0.1) is 5.10 Å². The van der Waals surface area contributed by atoms with Crippen LogP contribution in [0.2, 0.25) is 0 Å². The zero-order valence-corrected chi connectivity index (χ0v) is 19.7. The lowest BCUT2D eigenvalue weighted by molar-refractivity contribution is -0.145. The van der Waals surface area contributed by atoms with Crippen molar-refractivity contribution < 1.29 is 27.4 Å². The Morgan fingerprint density at radius 1 is 1.06 bits per heavy atom. The zero-order chi connectivity index (χ0) is 25.5. The summed E-state index contributed by atoms with van der Waals surface area (Å²) in [6, 6.07) is 9.42. The number of halogens is 3. The molecule has 0 unspecified atom stereocenters. The highest BCUT2D eigenvalue weighted by Gasteiger charge is 2.41. The number of hydrogen-bond donors (Lipinski definition) is 2. The quantitative estimate of drug-likeness (QED) is 0.534. The highest BCUT2D eigenvalue weighted by molar-refractivity contribution is 6.06. The third-order valence-electron chi connectivity index (χ3n) is 5.70. The van der Waals surface area contributed by atoms with Gasteiger partial charge in [-0.25, -0.2) is 4.68 Å². The maximum Gasteiger partial charge on any atom is 0.453 e. The number of aromatic nitrogens is 3. The van der Waals surface area contributed by atoms with Gasteiger partial charge in [0, 0.05) is 11.4 Å². The summed E-state index contributed by atoms with van der Waals surface area (Å²) < 4.78 is 52.1. The summed E-state index contributed by atoms with van der Waals surface area (Å²) in [5.41, 5.74) is 3.47. The Morgan fingerprint density at radius 2 is 1.77 bits per heavy atom. The molecule has 2 heterocycles. The first kappa shape index (κ1) is 24.1. The number of amides is 1. The molecular weight excluding hydrogens is 463 g/mol. The number of methoxy groups -OCH3 is 2. The Labute approximate surface area is 199 Å². The molecule has 2 N–H and O–H groups in total. The van der Waals surface area contributed by atoms with E-state index in [1.54, 1.807) is 31.2 Å². The molecule has 1 aliphatic heterocycles. The first-order chi connectivity index (χ1) is 16.5. The van der Waals surface area contributed by atoms with E-state index in [9.17, 15) is 18.0 Å². The normalized spacial score (nSPS) is 15.4. The van der Waals surface area contributed by atoms with Crippen molar-refractivity contribution in [3.8, 4) is 11.5 Å². The van der Waals surface area contributed by atoms with Gasteiger partial charge in [0.15, 0.2) is 11.5 Å². The van der Waals surface area contributed by atoms with Gasteiger partial charge in [-0.1, -0.05) is 23.8 Å². The standard InChI is InChI=1S/C24H24F3N5O3/c1-12-6-8-16(13(2)10-12)29-21(33)19-14(3)28-23-30-22(24(25,26)27)31-32(23)20(19)15-7-9-17(34-4)18(11-15)35-5/h6-11,20H,1-5H3,(H,29,33)(H,28,30,31)/t20-/m0/s1. The number of rotatable bonds is 5. The van der Waals surface area contributed by atoms with E-state index in [1.807, 2.05) is 26.0 Å². The van der Waals surface area contributed by atoms with Crippen LogP contribution in [-0.2, 0) is 11.0 Å². The fraction of sp³-hybridized carbons (Fsp3) is 0.292. The number of benzene rings is 2. The number of carbonyl (C=O) groups excluding carboxylic acids is 1. The minimum Gasteiger partial charge on any atom is -0.493 e. The van der Waals surface area contributed by atoms with Crippen LogP contribution in [0.25, 0.3) is 0 Å². The molecule has 0 saturated heterocycles. The molecule has 1 aromatic heterocycles. The van der Waals surface area contributed by atoms with Crippen LogP contribution < -0.4 is 20.1 Å². The molecule has 0 fully saturated rings. The molecule has 1 atom stereocenters. The molecule has 1 amide bonds. The molecule has 4 rings (SSSR count). The average molecular weight is 487 g/mol. The molecule has 2 aromatic carbocycles. The van der Waals surface area contributed by atoms with E-state index < -0.39 is 23.9 Å². The number of alkyl halides is 3. The van der Waals surface area contributed by atoms with Crippen LogP contribution >= 0.6 is 0 Å². The number of nitrogens with zero attached hydrogens (tertiary/aromatic N) is 3. The SMILES string of the molecule is COc1ccc([C@H]2C(C(=O)Nc3ccc(C)cc3C)=C(C)Nc3nc(C(F)(F)F)nn32)cc1OC. The van der Waals surface area contributed by atoms with E-state index in [1.165, 1.54) is 14.2 Å². The van der Waals surface area contributed by atoms with Gasteiger partial charge in [-0.3, -0.25) is 4.79 Å². The summed E-state index contributed by atoms with van der Waals surface area (Å²) in [6.07, 6.45) is -4.76. The molecular formula is C24H24F3N5O3.